The first-order valence-corrected chi connectivity index (χ1v) is 7.53. The van der Waals surface area contributed by atoms with Crippen molar-refractivity contribution in [3.63, 3.8) is 0 Å². The van der Waals surface area contributed by atoms with Gasteiger partial charge in [-0.25, -0.2) is 4.39 Å². The fourth-order valence-corrected chi connectivity index (χ4v) is 2.68. The Bertz CT molecular complexity index is 525. The van der Waals surface area contributed by atoms with Gasteiger partial charge in [-0.05, 0) is 50.6 Å². The maximum absolute atomic E-state index is 12.8. The molecule has 0 radical (unpaired) electrons. The van der Waals surface area contributed by atoms with Crippen LogP contribution in [0.15, 0.2) is 24.3 Å². The van der Waals surface area contributed by atoms with Crippen LogP contribution in [-0.2, 0) is 16.1 Å². The van der Waals surface area contributed by atoms with E-state index in [2.05, 4.69) is 10.2 Å². The number of piperidine rings is 1. The number of hydrogen-bond acceptors (Lipinski definition) is 3. The molecule has 5 nitrogen and oxygen atoms in total. The number of nitrogens with two attached hydrogens (primary N) is 1. The number of hydrogen-bond donors (Lipinski definition) is 2. The number of primary amides is 1. The minimum Gasteiger partial charge on any atom is -0.369 e. The third kappa shape index (κ3) is 4.27. The zero-order valence-electron chi connectivity index (χ0n) is 12.7. The third-order valence-corrected chi connectivity index (χ3v) is 4.24. The predicted octanol–water partition coefficient (Wildman–Crippen LogP) is 1.03. The van der Waals surface area contributed by atoms with Gasteiger partial charge < -0.3 is 11.1 Å². The van der Waals surface area contributed by atoms with Crippen molar-refractivity contribution in [2.45, 2.75) is 32.4 Å². The molecule has 22 heavy (non-hydrogen) atoms. The quantitative estimate of drug-likeness (QED) is 0.853. The minimum absolute atomic E-state index is 0.0677. The van der Waals surface area contributed by atoms with Gasteiger partial charge in [0.15, 0.2) is 0 Å². The summed E-state index contributed by atoms with van der Waals surface area (Å²) in [6.45, 7) is 3.61. The number of likely N-dealkylation sites (tertiary alicyclic amines) is 1. The molecule has 1 atom stereocenters. The van der Waals surface area contributed by atoms with Gasteiger partial charge in [0.2, 0.25) is 11.8 Å². The first kappa shape index (κ1) is 16.4. The second-order valence-corrected chi connectivity index (χ2v) is 5.73. The van der Waals surface area contributed by atoms with Gasteiger partial charge in [0.1, 0.15) is 5.82 Å². The van der Waals surface area contributed by atoms with Crippen LogP contribution in [0.2, 0.25) is 0 Å². The monoisotopic (exact) mass is 307 g/mol. The van der Waals surface area contributed by atoms with Crippen molar-refractivity contribution in [1.29, 1.82) is 0 Å². The molecule has 0 spiro atoms. The van der Waals surface area contributed by atoms with Crippen LogP contribution in [0.3, 0.4) is 0 Å². The van der Waals surface area contributed by atoms with E-state index in [1.54, 1.807) is 12.1 Å². The van der Waals surface area contributed by atoms with Crippen LogP contribution in [0.25, 0.3) is 0 Å². The summed E-state index contributed by atoms with van der Waals surface area (Å²) in [5, 5.41) is 2.85. The molecule has 3 N–H and O–H groups in total. The van der Waals surface area contributed by atoms with Gasteiger partial charge >= 0.3 is 0 Å². The smallest absolute Gasteiger partial charge is 0.237 e. The third-order valence-electron chi connectivity index (χ3n) is 4.24. The van der Waals surface area contributed by atoms with Crippen molar-refractivity contribution in [3.05, 3.63) is 35.6 Å². The fraction of sp³-hybridized carbons (Fsp3) is 0.500. The molecule has 0 bridgehead atoms. The second kappa shape index (κ2) is 7.35. The van der Waals surface area contributed by atoms with Gasteiger partial charge in [-0.1, -0.05) is 12.1 Å². The lowest BCUT2D eigenvalue weighted by atomic mass is 9.95. The SMILES string of the molecule is C[C@H](C(=O)NCc1ccc(F)cc1)N1CCC(C(N)=O)CC1. The van der Waals surface area contributed by atoms with Gasteiger partial charge in [-0.15, -0.1) is 0 Å². The highest BCUT2D eigenvalue weighted by molar-refractivity contribution is 5.81. The topological polar surface area (TPSA) is 75.4 Å². The fourth-order valence-electron chi connectivity index (χ4n) is 2.68. The van der Waals surface area contributed by atoms with Gasteiger partial charge in [0, 0.05) is 12.5 Å². The van der Waals surface area contributed by atoms with Crippen molar-refractivity contribution in [3.8, 4) is 0 Å². The lowest BCUT2D eigenvalue weighted by Gasteiger charge is -2.34. The molecule has 1 heterocycles. The largest absolute Gasteiger partial charge is 0.369 e. The Morgan fingerprint density at radius 3 is 2.45 bits per heavy atom. The van der Waals surface area contributed by atoms with Crippen LogP contribution in [0.4, 0.5) is 4.39 Å². The number of rotatable bonds is 5. The summed E-state index contributed by atoms with van der Waals surface area (Å²) in [4.78, 5) is 25.4. The molecule has 0 unspecified atom stereocenters. The molecule has 1 saturated heterocycles. The molecule has 2 rings (SSSR count). The van der Waals surface area contributed by atoms with Crippen LogP contribution in [0.5, 0.6) is 0 Å². The molecule has 1 aliphatic heterocycles. The molecular weight excluding hydrogens is 285 g/mol. The van der Waals surface area contributed by atoms with E-state index >= 15 is 0 Å². The van der Waals surface area contributed by atoms with E-state index in [-0.39, 0.29) is 29.6 Å². The van der Waals surface area contributed by atoms with E-state index in [0.29, 0.717) is 32.5 Å². The number of carbonyl (C=O) groups is 2. The van der Waals surface area contributed by atoms with Crippen molar-refractivity contribution in [2.24, 2.45) is 11.7 Å². The average molecular weight is 307 g/mol. The molecule has 1 aliphatic rings. The summed E-state index contributed by atoms with van der Waals surface area (Å²) in [5.41, 5.74) is 6.16. The predicted molar refractivity (Wildman–Crippen MR) is 81.2 cm³/mol. The average Bonchev–Trinajstić information content (AvgIpc) is 2.53. The van der Waals surface area contributed by atoms with Crippen molar-refractivity contribution in [1.82, 2.24) is 10.2 Å². The molecule has 0 saturated carbocycles. The molecule has 1 aromatic rings. The first-order valence-electron chi connectivity index (χ1n) is 7.53. The van der Waals surface area contributed by atoms with Crippen LogP contribution in [0.1, 0.15) is 25.3 Å². The highest BCUT2D eigenvalue weighted by Gasteiger charge is 2.28. The number of halogens is 1. The zero-order chi connectivity index (χ0) is 16.1. The van der Waals surface area contributed by atoms with Crippen LogP contribution in [-0.4, -0.2) is 35.8 Å². The molecule has 0 aliphatic carbocycles. The molecule has 1 aromatic carbocycles. The Morgan fingerprint density at radius 2 is 1.91 bits per heavy atom. The Hall–Kier alpha value is -1.95. The van der Waals surface area contributed by atoms with Crippen molar-refractivity contribution < 1.29 is 14.0 Å². The molecule has 120 valence electrons. The van der Waals surface area contributed by atoms with Gasteiger partial charge in [0.05, 0.1) is 6.04 Å². The van der Waals surface area contributed by atoms with E-state index in [1.165, 1.54) is 12.1 Å². The second-order valence-electron chi connectivity index (χ2n) is 5.73. The maximum atomic E-state index is 12.8. The van der Waals surface area contributed by atoms with Gasteiger partial charge in [0.25, 0.3) is 0 Å². The summed E-state index contributed by atoms with van der Waals surface area (Å²) in [5.74, 6) is -0.693. The van der Waals surface area contributed by atoms with Crippen LogP contribution in [0, 0.1) is 11.7 Å². The summed E-state index contributed by atoms with van der Waals surface area (Å²) in [7, 11) is 0. The standard InChI is InChI=1S/C16H22FN3O2/c1-11(20-8-6-13(7-9-20)15(18)21)16(22)19-10-12-2-4-14(17)5-3-12/h2-5,11,13H,6-10H2,1H3,(H2,18,21)(H,19,22)/t11-/m1/s1. The van der Waals surface area contributed by atoms with E-state index in [1.807, 2.05) is 6.92 Å². The minimum atomic E-state index is -0.291. The van der Waals surface area contributed by atoms with Crippen LogP contribution < -0.4 is 11.1 Å². The highest BCUT2D eigenvalue weighted by Crippen LogP contribution is 2.18. The van der Waals surface area contributed by atoms with E-state index in [0.717, 1.165) is 5.56 Å². The first-order chi connectivity index (χ1) is 10.5. The molecule has 6 heteroatoms. The lowest BCUT2D eigenvalue weighted by molar-refractivity contribution is -0.127. The Balaban J connectivity index is 1.80. The van der Waals surface area contributed by atoms with Gasteiger partial charge in [-0.2, -0.15) is 0 Å². The molecule has 1 fully saturated rings. The summed E-state index contributed by atoms with van der Waals surface area (Å²) in [6.07, 6.45) is 1.40. The number of carbonyl (C=O) groups excluding carboxylic acids is 2. The highest BCUT2D eigenvalue weighted by atomic mass is 19.1. The molecule has 0 aromatic heterocycles. The number of nitrogens with zero attached hydrogens (tertiary/aromatic N) is 1. The van der Waals surface area contributed by atoms with E-state index < -0.39 is 0 Å². The zero-order valence-corrected chi connectivity index (χ0v) is 12.7. The summed E-state index contributed by atoms with van der Waals surface area (Å²) >= 11 is 0. The summed E-state index contributed by atoms with van der Waals surface area (Å²) < 4.78 is 12.8. The Labute approximate surface area is 129 Å². The summed E-state index contributed by atoms with van der Waals surface area (Å²) in [6, 6.07) is 5.80. The molecular formula is C16H22FN3O2. The van der Waals surface area contributed by atoms with E-state index in [9.17, 15) is 14.0 Å². The van der Waals surface area contributed by atoms with Gasteiger partial charge in [-0.3, -0.25) is 14.5 Å². The number of amides is 2. The maximum Gasteiger partial charge on any atom is 0.237 e. The normalized spacial score (nSPS) is 17.9. The Kier molecular flexibility index (Phi) is 5.49. The number of nitrogens with one attached hydrogen (secondary N) is 1. The Morgan fingerprint density at radius 1 is 1.32 bits per heavy atom. The van der Waals surface area contributed by atoms with E-state index in [4.69, 9.17) is 5.73 Å². The molecule has 2 amide bonds. The number of benzene rings is 1. The van der Waals surface area contributed by atoms with Crippen molar-refractivity contribution in [2.75, 3.05) is 13.1 Å². The lowest BCUT2D eigenvalue weighted by Crippen LogP contribution is -2.49. The van der Waals surface area contributed by atoms with Crippen LogP contribution >= 0.6 is 0 Å². The van der Waals surface area contributed by atoms with Crippen molar-refractivity contribution >= 4 is 11.8 Å².